The van der Waals surface area contributed by atoms with E-state index >= 15 is 0 Å². The number of thiazole rings is 1. The first-order valence-corrected chi connectivity index (χ1v) is 10.9. The molecule has 0 N–H and O–H groups in total. The normalized spacial score (nSPS) is 16.9. The Morgan fingerprint density at radius 2 is 2.32 bits per heavy atom. The quantitative estimate of drug-likeness (QED) is 0.538. The van der Waals surface area contributed by atoms with Crippen molar-refractivity contribution in [3.63, 3.8) is 0 Å². The van der Waals surface area contributed by atoms with Gasteiger partial charge in [-0.15, -0.1) is 11.3 Å². The lowest BCUT2D eigenvalue weighted by atomic mass is 10.2. The molecule has 1 unspecified atom stereocenters. The van der Waals surface area contributed by atoms with Crippen molar-refractivity contribution in [2.75, 3.05) is 25.2 Å². The lowest BCUT2D eigenvalue weighted by Crippen LogP contribution is -2.36. The standard InChI is InChI=1S/C21H22N2O3S2/c1-14-7-9-17(25-2)19-20(14)28-21(22-19)23(13-15-5-3-11-26-15)18(24)10-8-16-6-4-12-27-16/h4,6-10,12,15H,3,5,11,13H2,1-2H3/b10-8+. The molecule has 0 saturated carbocycles. The van der Waals surface area contributed by atoms with Crippen LogP contribution in [0.2, 0.25) is 0 Å². The third kappa shape index (κ3) is 3.97. The molecule has 1 aliphatic rings. The van der Waals surface area contributed by atoms with E-state index in [4.69, 9.17) is 14.5 Å². The summed E-state index contributed by atoms with van der Waals surface area (Å²) in [6.07, 6.45) is 5.52. The van der Waals surface area contributed by atoms with Gasteiger partial charge in [0.1, 0.15) is 11.3 Å². The van der Waals surface area contributed by atoms with Crippen LogP contribution in [0.4, 0.5) is 5.13 Å². The zero-order valence-corrected chi connectivity index (χ0v) is 17.5. The van der Waals surface area contributed by atoms with Crippen LogP contribution in [0.5, 0.6) is 5.75 Å². The van der Waals surface area contributed by atoms with E-state index in [0.29, 0.717) is 11.7 Å². The van der Waals surface area contributed by atoms with E-state index in [1.807, 2.05) is 42.6 Å². The Bertz CT molecular complexity index is 989. The molecule has 4 rings (SSSR count). The van der Waals surface area contributed by atoms with Crippen LogP contribution in [0.3, 0.4) is 0 Å². The van der Waals surface area contributed by atoms with E-state index in [1.54, 1.807) is 29.4 Å². The summed E-state index contributed by atoms with van der Waals surface area (Å²) in [5.41, 5.74) is 1.92. The lowest BCUT2D eigenvalue weighted by molar-refractivity contribution is -0.114. The second-order valence-corrected chi connectivity index (χ2v) is 8.65. The van der Waals surface area contributed by atoms with Crippen LogP contribution < -0.4 is 9.64 Å². The van der Waals surface area contributed by atoms with Crippen LogP contribution in [0.15, 0.2) is 35.7 Å². The fraction of sp³-hybridized carbons (Fsp3) is 0.333. The van der Waals surface area contributed by atoms with Gasteiger partial charge in [-0.2, -0.15) is 0 Å². The largest absolute Gasteiger partial charge is 0.494 e. The summed E-state index contributed by atoms with van der Waals surface area (Å²) < 4.78 is 12.3. The first-order valence-electron chi connectivity index (χ1n) is 9.24. The van der Waals surface area contributed by atoms with Crippen molar-refractivity contribution in [1.82, 2.24) is 4.98 Å². The topological polar surface area (TPSA) is 51.7 Å². The van der Waals surface area contributed by atoms with E-state index < -0.39 is 0 Å². The smallest absolute Gasteiger partial charge is 0.252 e. The van der Waals surface area contributed by atoms with Crippen LogP contribution in [0.1, 0.15) is 23.3 Å². The van der Waals surface area contributed by atoms with Crippen molar-refractivity contribution in [2.45, 2.75) is 25.9 Å². The number of fused-ring (bicyclic) bond motifs is 1. The van der Waals surface area contributed by atoms with Gasteiger partial charge < -0.3 is 9.47 Å². The number of rotatable bonds is 6. The summed E-state index contributed by atoms with van der Waals surface area (Å²) in [4.78, 5) is 20.6. The predicted octanol–water partition coefficient (Wildman–Crippen LogP) is 4.90. The van der Waals surface area contributed by atoms with E-state index in [-0.39, 0.29) is 12.0 Å². The van der Waals surface area contributed by atoms with E-state index in [1.165, 1.54) is 11.3 Å². The van der Waals surface area contributed by atoms with E-state index in [0.717, 1.165) is 45.9 Å². The summed E-state index contributed by atoms with van der Waals surface area (Å²) in [5, 5.41) is 2.68. The molecule has 3 heterocycles. The van der Waals surface area contributed by atoms with Crippen molar-refractivity contribution in [3.05, 3.63) is 46.2 Å². The maximum absolute atomic E-state index is 13.1. The molecule has 1 atom stereocenters. The average Bonchev–Trinajstić information content (AvgIpc) is 3.46. The van der Waals surface area contributed by atoms with Crippen LogP contribution >= 0.6 is 22.7 Å². The van der Waals surface area contributed by atoms with Gasteiger partial charge in [0, 0.05) is 17.6 Å². The molecule has 3 aromatic rings. The van der Waals surface area contributed by atoms with Crippen LogP contribution in [0.25, 0.3) is 16.3 Å². The molecule has 1 amide bonds. The van der Waals surface area contributed by atoms with Gasteiger partial charge in [-0.25, -0.2) is 4.98 Å². The highest BCUT2D eigenvalue weighted by molar-refractivity contribution is 7.22. The minimum Gasteiger partial charge on any atom is -0.494 e. The van der Waals surface area contributed by atoms with Gasteiger partial charge in [0.15, 0.2) is 5.13 Å². The first-order chi connectivity index (χ1) is 13.7. The number of nitrogens with zero attached hydrogens (tertiary/aromatic N) is 2. The summed E-state index contributed by atoms with van der Waals surface area (Å²) in [5.74, 6) is 0.640. The molecule has 0 bridgehead atoms. The minimum absolute atomic E-state index is 0.0501. The van der Waals surface area contributed by atoms with Gasteiger partial charge in [-0.3, -0.25) is 9.69 Å². The first kappa shape index (κ1) is 19.1. The fourth-order valence-electron chi connectivity index (χ4n) is 3.26. The summed E-state index contributed by atoms with van der Waals surface area (Å²) in [6, 6.07) is 7.91. The third-order valence-corrected chi connectivity index (χ3v) is 6.80. The number of aryl methyl sites for hydroxylation is 1. The number of carbonyl (C=O) groups is 1. The van der Waals surface area contributed by atoms with Crippen molar-refractivity contribution in [2.24, 2.45) is 0 Å². The van der Waals surface area contributed by atoms with E-state index in [9.17, 15) is 4.79 Å². The van der Waals surface area contributed by atoms with Gasteiger partial charge in [-0.1, -0.05) is 23.5 Å². The number of aromatic nitrogens is 1. The number of carbonyl (C=O) groups excluding carboxylic acids is 1. The number of hydrogen-bond donors (Lipinski definition) is 0. The average molecular weight is 415 g/mol. The highest BCUT2D eigenvalue weighted by Crippen LogP contribution is 2.37. The molecule has 1 fully saturated rings. The summed E-state index contributed by atoms with van der Waals surface area (Å²) in [7, 11) is 1.64. The number of ether oxygens (including phenoxy) is 2. The molecule has 0 radical (unpaired) electrons. The molecule has 7 heteroatoms. The number of benzene rings is 1. The molecule has 2 aromatic heterocycles. The Morgan fingerprint density at radius 1 is 1.43 bits per heavy atom. The van der Waals surface area contributed by atoms with Gasteiger partial charge >= 0.3 is 0 Å². The molecule has 1 aromatic carbocycles. The SMILES string of the molecule is COc1ccc(C)c2sc(N(CC3CCCO3)C(=O)/C=C/c3cccs3)nc12. The summed E-state index contributed by atoms with van der Waals surface area (Å²) in [6.45, 7) is 3.31. The van der Waals surface area contributed by atoms with Gasteiger partial charge in [0.25, 0.3) is 5.91 Å². The third-order valence-electron chi connectivity index (χ3n) is 4.75. The zero-order valence-electron chi connectivity index (χ0n) is 15.9. The Labute approximate surface area is 172 Å². The van der Waals surface area contributed by atoms with Gasteiger partial charge in [0.2, 0.25) is 0 Å². The number of anilines is 1. The van der Waals surface area contributed by atoms with Crippen molar-refractivity contribution in [1.29, 1.82) is 0 Å². The maximum Gasteiger partial charge on any atom is 0.252 e. The maximum atomic E-state index is 13.1. The number of hydrogen-bond acceptors (Lipinski definition) is 6. The predicted molar refractivity (Wildman–Crippen MR) is 116 cm³/mol. The van der Waals surface area contributed by atoms with E-state index in [2.05, 4.69) is 0 Å². The summed E-state index contributed by atoms with van der Waals surface area (Å²) >= 11 is 3.13. The molecule has 1 saturated heterocycles. The molecule has 146 valence electrons. The van der Waals surface area contributed by atoms with Gasteiger partial charge in [-0.05, 0) is 48.9 Å². The number of methoxy groups -OCH3 is 1. The lowest BCUT2D eigenvalue weighted by Gasteiger charge is -2.21. The molecule has 0 aliphatic carbocycles. The molecule has 1 aliphatic heterocycles. The molecular formula is C21H22N2O3S2. The Balaban J connectivity index is 1.69. The highest BCUT2D eigenvalue weighted by Gasteiger charge is 2.26. The van der Waals surface area contributed by atoms with Crippen molar-refractivity contribution in [3.8, 4) is 5.75 Å². The monoisotopic (exact) mass is 414 g/mol. The number of thiophene rings is 1. The minimum atomic E-state index is -0.0837. The Morgan fingerprint density at radius 3 is 3.04 bits per heavy atom. The molecular weight excluding hydrogens is 392 g/mol. The second kappa shape index (κ2) is 8.43. The molecule has 28 heavy (non-hydrogen) atoms. The second-order valence-electron chi connectivity index (χ2n) is 6.69. The Hall–Kier alpha value is -2.22. The van der Waals surface area contributed by atoms with Crippen LogP contribution in [-0.2, 0) is 9.53 Å². The molecule has 5 nitrogen and oxygen atoms in total. The zero-order chi connectivity index (χ0) is 19.5. The fourth-order valence-corrected chi connectivity index (χ4v) is 4.95. The number of amides is 1. The van der Waals surface area contributed by atoms with Crippen LogP contribution in [0, 0.1) is 6.92 Å². The van der Waals surface area contributed by atoms with Crippen molar-refractivity contribution < 1.29 is 14.3 Å². The van der Waals surface area contributed by atoms with Crippen LogP contribution in [-0.4, -0.2) is 37.3 Å². The van der Waals surface area contributed by atoms with Gasteiger partial charge in [0.05, 0.1) is 24.5 Å². The Kier molecular flexibility index (Phi) is 5.75. The highest BCUT2D eigenvalue weighted by atomic mass is 32.1. The van der Waals surface area contributed by atoms with Crippen molar-refractivity contribution >= 4 is 50.0 Å². The molecule has 0 spiro atoms.